The molecule has 1 N–H and O–H groups in total. The highest BCUT2D eigenvalue weighted by atomic mass is 32.1. The Morgan fingerprint density at radius 2 is 1.71 bits per heavy atom. The van der Waals surface area contributed by atoms with E-state index in [1.165, 1.54) is 5.56 Å². The lowest BCUT2D eigenvalue weighted by atomic mass is 9.93. The standard InChI is InChI=1S/C34H35N5O2S/c1-20-17-23-13-15-35-31(30(23)36-18-20)37-27-12-8-10-25(22(27)3)24-9-7-11-26(21(24)2)32-38-28-14-16-39(19-29(28)42-32)33(40)41-34(4,5)6/h7-13,15,17-18H,14,16,19H2,1-6H3,(H,35,37). The summed E-state index contributed by atoms with van der Waals surface area (Å²) in [6.07, 6.45) is 4.15. The molecule has 0 bridgehead atoms. The maximum atomic E-state index is 12.7. The van der Waals surface area contributed by atoms with Crippen molar-refractivity contribution in [2.45, 2.75) is 60.1 Å². The van der Waals surface area contributed by atoms with E-state index < -0.39 is 5.60 Å². The van der Waals surface area contributed by atoms with E-state index >= 15 is 0 Å². The molecule has 2 aromatic carbocycles. The molecule has 5 aromatic rings. The Labute approximate surface area is 250 Å². The second-order valence-corrected chi connectivity index (χ2v) is 12.9. The SMILES string of the molecule is Cc1cnc2c(Nc3cccc(-c4cccc(-c5nc6c(s5)CN(C(=O)OC(C)(C)C)CC6)c4C)c3C)nccc2c1. The summed E-state index contributed by atoms with van der Waals surface area (Å²) in [6.45, 7) is 13.2. The normalized spacial score (nSPS) is 13.2. The molecule has 0 unspecified atom stereocenters. The van der Waals surface area contributed by atoms with Crippen molar-refractivity contribution in [3.63, 3.8) is 0 Å². The number of aromatic nitrogens is 3. The lowest BCUT2D eigenvalue weighted by molar-refractivity contribution is 0.0225. The van der Waals surface area contributed by atoms with E-state index in [4.69, 9.17) is 9.72 Å². The van der Waals surface area contributed by atoms with Gasteiger partial charge in [-0.1, -0.05) is 30.3 Å². The summed E-state index contributed by atoms with van der Waals surface area (Å²) in [5.41, 5.74) is 9.27. The van der Waals surface area contributed by atoms with Crippen LogP contribution in [0, 0.1) is 20.8 Å². The van der Waals surface area contributed by atoms with Crippen LogP contribution in [0.2, 0.25) is 0 Å². The molecule has 0 radical (unpaired) electrons. The number of rotatable bonds is 4. The minimum absolute atomic E-state index is 0.269. The summed E-state index contributed by atoms with van der Waals surface area (Å²) in [5, 5.41) is 5.59. The third-order valence-electron chi connectivity index (χ3n) is 7.56. The quantitative estimate of drug-likeness (QED) is 0.231. The first-order valence-corrected chi connectivity index (χ1v) is 15.0. The lowest BCUT2D eigenvalue weighted by Crippen LogP contribution is -2.39. The number of ether oxygens (including phenoxy) is 1. The van der Waals surface area contributed by atoms with E-state index in [2.05, 4.69) is 71.6 Å². The van der Waals surface area contributed by atoms with Gasteiger partial charge >= 0.3 is 6.09 Å². The van der Waals surface area contributed by atoms with Crippen LogP contribution in [0.4, 0.5) is 16.3 Å². The third kappa shape index (κ3) is 5.46. The van der Waals surface area contributed by atoms with E-state index in [1.807, 2.05) is 46.2 Å². The molecule has 214 valence electrons. The van der Waals surface area contributed by atoms with Gasteiger partial charge in [0, 0.05) is 46.9 Å². The highest BCUT2D eigenvalue weighted by molar-refractivity contribution is 7.15. The van der Waals surface area contributed by atoms with E-state index in [-0.39, 0.29) is 6.09 Å². The molecule has 4 heterocycles. The van der Waals surface area contributed by atoms with Crippen LogP contribution in [0.5, 0.6) is 0 Å². The van der Waals surface area contributed by atoms with Gasteiger partial charge in [0.2, 0.25) is 0 Å². The number of pyridine rings is 2. The van der Waals surface area contributed by atoms with Crippen LogP contribution in [-0.4, -0.2) is 38.1 Å². The largest absolute Gasteiger partial charge is 0.444 e. The molecule has 42 heavy (non-hydrogen) atoms. The first-order valence-electron chi connectivity index (χ1n) is 14.2. The fraction of sp³-hybridized carbons (Fsp3) is 0.294. The molecule has 6 rings (SSSR count). The number of hydrogen-bond donors (Lipinski definition) is 1. The maximum absolute atomic E-state index is 12.7. The summed E-state index contributed by atoms with van der Waals surface area (Å²) in [6, 6.07) is 16.8. The van der Waals surface area contributed by atoms with Gasteiger partial charge < -0.3 is 15.0 Å². The van der Waals surface area contributed by atoms with Gasteiger partial charge in [-0.2, -0.15) is 0 Å². The molecule has 0 fully saturated rings. The molecule has 1 amide bonds. The Kier molecular flexibility index (Phi) is 7.19. The number of anilines is 2. The van der Waals surface area contributed by atoms with E-state index in [9.17, 15) is 4.79 Å². The van der Waals surface area contributed by atoms with Gasteiger partial charge in [-0.25, -0.2) is 14.8 Å². The monoisotopic (exact) mass is 577 g/mol. The second kappa shape index (κ2) is 10.8. The van der Waals surface area contributed by atoms with Gasteiger partial charge in [0.05, 0.1) is 12.2 Å². The Morgan fingerprint density at radius 1 is 0.976 bits per heavy atom. The van der Waals surface area contributed by atoms with Crippen LogP contribution < -0.4 is 5.32 Å². The number of aryl methyl sites for hydroxylation is 1. The maximum Gasteiger partial charge on any atom is 0.410 e. The smallest absolute Gasteiger partial charge is 0.410 e. The summed E-state index contributed by atoms with van der Waals surface area (Å²) in [7, 11) is 0. The number of nitrogens with zero attached hydrogens (tertiary/aromatic N) is 4. The molecule has 0 aliphatic carbocycles. The van der Waals surface area contributed by atoms with E-state index in [1.54, 1.807) is 16.2 Å². The van der Waals surface area contributed by atoms with Crippen LogP contribution in [-0.2, 0) is 17.7 Å². The number of carbonyl (C=O) groups excluding carboxylic acids is 1. The number of thiazole rings is 1. The number of hydrogen-bond acceptors (Lipinski definition) is 7. The Balaban J connectivity index is 1.30. The van der Waals surface area contributed by atoms with E-state index in [0.717, 1.165) is 72.2 Å². The molecule has 3 aromatic heterocycles. The van der Waals surface area contributed by atoms with Gasteiger partial charge in [0.15, 0.2) is 5.82 Å². The lowest BCUT2D eigenvalue weighted by Gasteiger charge is -2.29. The van der Waals surface area contributed by atoms with Crippen molar-refractivity contribution in [1.29, 1.82) is 0 Å². The first-order chi connectivity index (χ1) is 20.1. The Bertz CT molecular complexity index is 1820. The zero-order valence-electron chi connectivity index (χ0n) is 24.9. The van der Waals surface area contributed by atoms with Crippen molar-refractivity contribution in [3.05, 3.63) is 88.2 Å². The van der Waals surface area contributed by atoms with Crippen LogP contribution in [0.15, 0.2) is 60.9 Å². The fourth-order valence-corrected chi connectivity index (χ4v) is 6.61. The topological polar surface area (TPSA) is 80.2 Å². The average molecular weight is 578 g/mol. The molecule has 0 saturated heterocycles. The molecular weight excluding hydrogens is 542 g/mol. The van der Waals surface area contributed by atoms with Crippen molar-refractivity contribution in [3.8, 4) is 21.7 Å². The number of carbonyl (C=O) groups is 1. The van der Waals surface area contributed by atoms with Crippen LogP contribution >= 0.6 is 11.3 Å². The van der Waals surface area contributed by atoms with Crippen LogP contribution in [0.1, 0.15) is 48.0 Å². The summed E-state index contributed by atoms with van der Waals surface area (Å²) in [5.74, 6) is 0.743. The zero-order valence-corrected chi connectivity index (χ0v) is 25.7. The average Bonchev–Trinajstić information content (AvgIpc) is 3.37. The van der Waals surface area contributed by atoms with Crippen LogP contribution in [0.3, 0.4) is 0 Å². The van der Waals surface area contributed by atoms with Crippen molar-refractivity contribution in [2.24, 2.45) is 0 Å². The minimum atomic E-state index is -0.514. The molecule has 0 saturated carbocycles. The number of benzene rings is 2. The predicted molar refractivity (Wildman–Crippen MR) is 170 cm³/mol. The van der Waals surface area contributed by atoms with Gasteiger partial charge in [-0.15, -0.1) is 11.3 Å². The molecule has 7 nitrogen and oxygen atoms in total. The number of fused-ring (bicyclic) bond motifs is 2. The first kappa shape index (κ1) is 27.8. The number of nitrogens with one attached hydrogen (secondary N) is 1. The van der Waals surface area contributed by atoms with Gasteiger partial charge in [-0.3, -0.25) is 4.98 Å². The van der Waals surface area contributed by atoms with Crippen molar-refractivity contribution in [1.82, 2.24) is 19.9 Å². The molecule has 1 aliphatic rings. The summed E-state index contributed by atoms with van der Waals surface area (Å²) < 4.78 is 5.61. The third-order valence-corrected chi connectivity index (χ3v) is 8.68. The highest BCUT2D eigenvalue weighted by Crippen LogP contribution is 2.39. The van der Waals surface area contributed by atoms with Gasteiger partial charge in [-0.05, 0) is 87.6 Å². The predicted octanol–water partition coefficient (Wildman–Crippen LogP) is 8.38. The van der Waals surface area contributed by atoms with Crippen molar-refractivity contribution in [2.75, 3.05) is 11.9 Å². The molecular formula is C34H35N5O2S. The summed E-state index contributed by atoms with van der Waals surface area (Å²) in [4.78, 5) is 29.9. The minimum Gasteiger partial charge on any atom is -0.444 e. The molecule has 0 spiro atoms. The Hall–Kier alpha value is -4.30. The van der Waals surface area contributed by atoms with Crippen molar-refractivity contribution >= 4 is 39.8 Å². The highest BCUT2D eigenvalue weighted by Gasteiger charge is 2.28. The zero-order chi connectivity index (χ0) is 29.6. The van der Waals surface area contributed by atoms with Crippen LogP contribution in [0.25, 0.3) is 32.6 Å². The summed E-state index contributed by atoms with van der Waals surface area (Å²) >= 11 is 1.67. The Morgan fingerprint density at radius 3 is 2.50 bits per heavy atom. The van der Waals surface area contributed by atoms with Crippen molar-refractivity contribution < 1.29 is 9.53 Å². The molecule has 8 heteroatoms. The fourth-order valence-electron chi connectivity index (χ4n) is 5.40. The second-order valence-electron chi connectivity index (χ2n) is 11.9. The van der Waals surface area contributed by atoms with E-state index in [0.29, 0.717) is 13.1 Å². The molecule has 1 aliphatic heterocycles. The van der Waals surface area contributed by atoms with Gasteiger partial charge in [0.1, 0.15) is 16.1 Å². The van der Waals surface area contributed by atoms with Gasteiger partial charge in [0.25, 0.3) is 0 Å². The number of amides is 1. The molecule has 0 atom stereocenters.